The van der Waals surface area contributed by atoms with E-state index in [9.17, 15) is 22.0 Å². The molecule has 0 spiro atoms. The lowest BCUT2D eigenvalue weighted by molar-refractivity contribution is -0.117. The normalized spacial score (nSPS) is 18.4. The van der Waals surface area contributed by atoms with Crippen molar-refractivity contribution in [3.63, 3.8) is 0 Å². The van der Waals surface area contributed by atoms with E-state index in [1.54, 1.807) is 0 Å². The number of hydrogen-bond acceptors (Lipinski definition) is 4. The topological polar surface area (TPSA) is 87.3 Å². The van der Waals surface area contributed by atoms with Crippen LogP contribution in [0.2, 0.25) is 5.02 Å². The number of carbonyl (C=O) groups is 1. The lowest BCUT2D eigenvalue weighted by atomic mass is 10.2. The molecule has 0 fully saturated rings. The van der Waals surface area contributed by atoms with Gasteiger partial charge in [-0.3, -0.25) is 4.79 Å². The average Bonchev–Trinajstić information content (AvgIpc) is 2.51. The molecule has 6 nitrogen and oxygen atoms in total. The summed E-state index contributed by atoms with van der Waals surface area (Å²) in [5.41, 5.74) is 0.186. The fraction of sp³-hybridized carbons (Fsp3) is 0.0714. The summed E-state index contributed by atoms with van der Waals surface area (Å²) >= 11 is 5.77. The molecule has 2 aromatic carbocycles. The number of hydrogen-bond donors (Lipinski definition) is 3. The van der Waals surface area contributed by atoms with E-state index in [-0.39, 0.29) is 21.3 Å². The molecule has 0 saturated heterocycles. The average molecular weight is 374 g/mol. The Balaban J connectivity index is 1.84. The highest BCUT2D eigenvalue weighted by atomic mass is 35.5. The van der Waals surface area contributed by atoms with Crippen molar-refractivity contribution in [3.05, 3.63) is 53.1 Å². The molecule has 1 aliphatic heterocycles. The van der Waals surface area contributed by atoms with Crippen molar-refractivity contribution in [2.75, 3.05) is 10.6 Å². The zero-order valence-electron chi connectivity index (χ0n) is 11.8. The first-order valence-electron chi connectivity index (χ1n) is 6.60. The maximum atomic E-state index is 13.2. The molecular weight excluding hydrogens is 364 g/mol. The van der Waals surface area contributed by atoms with Crippen molar-refractivity contribution >= 4 is 38.9 Å². The van der Waals surface area contributed by atoms with Crippen LogP contribution in [-0.4, -0.2) is 20.5 Å². The number of sulfonamides is 1. The highest BCUT2D eigenvalue weighted by molar-refractivity contribution is 7.89. The Hall–Kier alpha value is -2.23. The van der Waals surface area contributed by atoms with Gasteiger partial charge in [-0.1, -0.05) is 11.6 Å². The van der Waals surface area contributed by atoms with Crippen molar-refractivity contribution in [3.8, 4) is 0 Å². The first kappa shape index (κ1) is 16.6. The quantitative estimate of drug-likeness (QED) is 0.753. The molecule has 2 aromatic rings. The fourth-order valence-corrected chi connectivity index (χ4v) is 3.69. The van der Waals surface area contributed by atoms with Crippen LogP contribution in [0.25, 0.3) is 0 Å². The van der Waals surface area contributed by atoms with Crippen molar-refractivity contribution in [1.82, 2.24) is 4.72 Å². The van der Waals surface area contributed by atoms with Gasteiger partial charge in [0.1, 0.15) is 4.90 Å². The number of fused-ring (bicyclic) bond motifs is 1. The standard InChI is InChI=1S/C14H10ClF2N3O3S/c15-7-1-4-11-12(5-7)24(22,23)20-13(19-11)14(21)18-8-2-3-9(16)10(17)6-8/h1-6,13,19-20H,(H,18,21). The van der Waals surface area contributed by atoms with E-state index in [0.717, 1.165) is 18.2 Å². The van der Waals surface area contributed by atoms with E-state index in [1.807, 2.05) is 0 Å². The largest absolute Gasteiger partial charge is 0.360 e. The van der Waals surface area contributed by atoms with Crippen molar-refractivity contribution in [1.29, 1.82) is 0 Å². The molecule has 0 aliphatic carbocycles. The molecule has 3 rings (SSSR count). The Labute approximate surface area is 140 Å². The lowest BCUT2D eigenvalue weighted by Crippen LogP contribution is -2.51. The third-order valence-corrected chi connectivity index (χ3v) is 4.95. The molecule has 0 bridgehead atoms. The van der Waals surface area contributed by atoms with Gasteiger partial charge < -0.3 is 10.6 Å². The Bertz CT molecular complexity index is 937. The van der Waals surface area contributed by atoms with E-state index in [2.05, 4.69) is 15.4 Å². The minimum absolute atomic E-state index is 0.0122. The van der Waals surface area contributed by atoms with E-state index in [1.165, 1.54) is 18.2 Å². The van der Waals surface area contributed by atoms with Crippen molar-refractivity contribution in [2.24, 2.45) is 0 Å². The molecule has 0 radical (unpaired) electrons. The van der Waals surface area contributed by atoms with Gasteiger partial charge >= 0.3 is 0 Å². The molecule has 1 atom stereocenters. The summed E-state index contributed by atoms with van der Waals surface area (Å²) in [7, 11) is -3.96. The van der Waals surface area contributed by atoms with Gasteiger partial charge in [-0.2, -0.15) is 4.72 Å². The van der Waals surface area contributed by atoms with E-state index < -0.39 is 33.7 Å². The Morgan fingerprint density at radius 3 is 2.58 bits per heavy atom. The van der Waals surface area contributed by atoms with Gasteiger partial charge in [0.05, 0.1) is 5.69 Å². The van der Waals surface area contributed by atoms with Crippen LogP contribution in [0.15, 0.2) is 41.3 Å². The molecule has 10 heteroatoms. The summed E-state index contributed by atoms with van der Waals surface area (Å²) in [4.78, 5) is 12.1. The number of amides is 1. The van der Waals surface area contributed by atoms with Crippen molar-refractivity contribution < 1.29 is 22.0 Å². The van der Waals surface area contributed by atoms with Gasteiger partial charge in [0.15, 0.2) is 17.8 Å². The van der Waals surface area contributed by atoms with Crippen LogP contribution in [0.4, 0.5) is 20.2 Å². The predicted molar refractivity (Wildman–Crippen MR) is 84.2 cm³/mol. The highest BCUT2D eigenvalue weighted by Gasteiger charge is 2.33. The fourth-order valence-electron chi connectivity index (χ4n) is 2.15. The summed E-state index contributed by atoms with van der Waals surface area (Å²) in [6.07, 6.45) is -1.32. The third kappa shape index (κ3) is 3.18. The zero-order chi connectivity index (χ0) is 17.5. The SMILES string of the molecule is O=C(Nc1ccc(F)c(F)c1)C1Nc2ccc(Cl)cc2S(=O)(=O)N1. The summed E-state index contributed by atoms with van der Waals surface area (Å²) in [5.74, 6) is -2.98. The maximum Gasteiger partial charge on any atom is 0.262 e. The molecule has 24 heavy (non-hydrogen) atoms. The van der Waals surface area contributed by atoms with Gasteiger partial charge in [-0.15, -0.1) is 0 Å². The van der Waals surface area contributed by atoms with Crippen LogP contribution >= 0.6 is 11.6 Å². The number of anilines is 2. The summed E-state index contributed by atoms with van der Waals surface area (Å²) in [6.45, 7) is 0. The number of halogens is 3. The Kier molecular flexibility index (Phi) is 4.16. The van der Waals surface area contributed by atoms with E-state index in [0.29, 0.717) is 0 Å². The number of carbonyl (C=O) groups excluding carboxylic acids is 1. The van der Waals surface area contributed by atoms with Crippen molar-refractivity contribution in [2.45, 2.75) is 11.1 Å². The molecular formula is C14H10ClF2N3O3S. The zero-order valence-corrected chi connectivity index (χ0v) is 13.4. The second kappa shape index (κ2) is 6.00. The van der Waals surface area contributed by atoms with Crippen LogP contribution in [0.3, 0.4) is 0 Å². The number of nitrogens with one attached hydrogen (secondary N) is 3. The maximum absolute atomic E-state index is 13.2. The van der Waals surface area contributed by atoms with Crippen LogP contribution in [0, 0.1) is 11.6 Å². The van der Waals surface area contributed by atoms with Crippen LogP contribution in [0.5, 0.6) is 0 Å². The summed E-state index contributed by atoms with van der Waals surface area (Å²) < 4.78 is 52.6. The van der Waals surface area contributed by atoms with Gasteiger partial charge in [-0.05, 0) is 30.3 Å². The first-order valence-corrected chi connectivity index (χ1v) is 8.47. The molecule has 0 aromatic heterocycles. The van der Waals surface area contributed by atoms with E-state index >= 15 is 0 Å². The summed E-state index contributed by atoms with van der Waals surface area (Å²) in [5, 5.41) is 5.22. The van der Waals surface area contributed by atoms with Crippen LogP contribution in [0.1, 0.15) is 0 Å². The highest BCUT2D eigenvalue weighted by Crippen LogP contribution is 2.29. The molecule has 1 unspecified atom stereocenters. The van der Waals surface area contributed by atoms with Gasteiger partial charge in [0.25, 0.3) is 5.91 Å². The third-order valence-electron chi connectivity index (χ3n) is 3.26. The molecule has 126 valence electrons. The van der Waals surface area contributed by atoms with Crippen LogP contribution < -0.4 is 15.4 Å². The monoisotopic (exact) mass is 373 g/mol. The first-order chi connectivity index (χ1) is 11.3. The minimum Gasteiger partial charge on any atom is -0.360 e. The second-order valence-corrected chi connectivity index (χ2v) is 7.08. The Morgan fingerprint density at radius 2 is 1.88 bits per heavy atom. The number of rotatable bonds is 2. The summed E-state index contributed by atoms with van der Waals surface area (Å²) in [6, 6.07) is 6.93. The molecule has 3 N–H and O–H groups in total. The van der Waals surface area contributed by atoms with Crippen LogP contribution in [-0.2, 0) is 14.8 Å². The molecule has 1 heterocycles. The van der Waals surface area contributed by atoms with E-state index in [4.69, 9.17) is 11.6 Å². The number of benzene rings is 2. The van der Waals surface area contributed by atoms with Gasteiger partial charge in [-0.25, -0.2) is 17.2 Å². The Morgan fingerprint density at radius 1 is 1.12 bits per heavy atom. The van der Waals surface area contributed by atoms with Gasteiger partial charge in [0, 0.05) is 16.8 Å². The lowest BCUT2D eigenvalue weighted by Gasteiger charge is -2.27. The smallest absolute Gasteiger partial charge is 0.262 e. The van der Waals surface area contributed by atoms with Gasteiger partial charge in [0.2, 0.25) is 10.0 Å². The minimum atomic E-state index is -3.96. The molecule has 1 aliphatic rings. The molecule has 0 saturated carbocycles. The molecule has 1 amide bonds. The second-order valence-electron chi connectivity index (χ2n) is 4.96. The predicted octanol–water partition coefficient (Wildman–Crippen LogP) is 2.29.